The number of hydrogen-bond donors (Lipinski definition) is 1. The molecular formula is C27H20Cl2N4O3. The number of ether oxygens (including phenoxy) is 2. The van der Waals surface area contributed by atoms with Crippen LogP contribution in [0.4, 0.5) is 5.69 Å². The van der Waals surface area contributed by atoms with Crippen LogP contribution in [0.1, 0.15) is 11.3 Å². The van der Waals surface area contributed by atoms with Gasteiger partial charge in [0.2, 0.25) is 0 Å². The van der Waals surface area contributed by atoms with Gasteiger partial charge in [0.05, 0.1) is 16.9 Å². The van der Waals surface area contributed by atoms with Crippen molar-refractivity contribution in [3.63, 3.8) is 0 Å². The molecule has 0 spiro atoms. The average molecular weight is 519 g/mol. The molecule has 1 aromatic heterocycles. The molecule has 4 rings (SSSR count). The van der Waals surface area contributed by atoms with Gasteiger partial charge in [0, 0.05) is 11.2 Å². The number of nitrogens with one attached hydrogen (secondary N) is 1. The van der Waals surface area contributed by atoms with Crippen LogP contribution in [0.3, 0.4) is 0 Å². The zero-order valence-electron chi connectivity index (χ0n) is 18.8. The lowest BCUT2D eigenvalue weighted by Crippen LogP contribution is -2.20. The minimum atomic E-state index is -0.568. The number of esters is 1. The van der Waals surface area contributed by atoms with Crippen LogP contribution in [0.25, 0.3) is 0 Å². The predicted molar refractivity (Wildman–Crippen MR) is 142 cm³/mol. The van der Waals surface area contributed by atoms with Crippen molar-refractivity contribution in [1.29, 1.82) is 0 Å². The number of pyridine rings is 1. The first kappa shape index (κ1) is 24.9. The van der Waals surface area contributed by atoms with Crippen molar-refractivity contribution in [3.05, 3.63) is 118 Å². The molecule has 4 aromatic rings. The molecule has 0 saturated carbocycles. The van der Waals surface area contributed by atoms with Crippen LogP contribution < -0.4 is 14.9 Å². The van der Waals surface area contributed by atoms with Crippen LogP contribution in [-0.4, -0.2) is 29.6 Å². The highest BCUT2D eigenvalue weighted by Gasteiger charge is 2.09. The highest BCUT2D eigenvalue weighted by molar-refractivity contribution is 6.35. The van der Waals surface area contributed by atoms with Crippen molar-refractivity contribution in [2.24, 2.45) is 10.1 Å². The number of halogens is 2. The van der Waals surface area contributed by atoms with E-state index in [0.717, 1.165) is 11.3 Å². The number of aromatic nitrogens is 1. The first-order chi connectivity index (χ1) is 17.6. The normalized spacial score (nSPS) is 11.3. The maximum atomic E-state index is 12.1. The Kier molecular flexibility index (Phi) is 8.64. The van der Waals surface area contributed by atoms with Crippen molar-refractivity contribution in [3.8, 4) is 11.5 Å². The molecule has 9 heteroatoms. The van der Waals surface area contributed by atoms with E-state index in [4.69, 9.17) is 32.7 Å². The van der Waals surface area contributed by atoms with E-state index in [0.29, 0.717) is 33.1 Å². The first-order valence-corrected chi connectivity index (χ1v) is 11.6. The molecule has 3 aromatic carbocycles. The lowest BCUT2D eigenvalue weighted by atomic mass is 10.2. The molecular weight excluding hydrogens is 499 g/mol. The summed E-state index contributed by atoms with van der Waals surface area (Å²) < 4.78 is 10.7. The summed E-state index contributed by atoms with van der Waals surface area (Å²) in [7, 11) is 0. The summed E-state index contributed by atoms with van der Waals surface area (Å²) in [5.74, 6) is 0.652. The average Bonchev–Trinajstić information content (AvgIpc) is 2.90. The highest BCUT2D eigenvalue weighted by atomic mass is 35.5. The van der Waals surface area contributed by atoms with Gasteiger partial charge in [0.25, 0.3) is 0 Å². The Bertz CT molecular complexity index is 1360. The molecule has 0 aliphatic rings. The van der Waals surface area contributed by atoms with Crippen LogP contribution >= 0.6 is 23.2 Å². The van der Waals surface area contributed by atoms with Crippen LogP contribution in [0.2, 0.25) is 10.0 Å². The van der Waals surface area contributed by atoms with E-state index in [1.165, 1.54) is 6.07 Å². The number of amidine groups is 1. The third-order valence-electron chi connectivity index (χ3n) is 4.64. The largest absolute Gasteiger partial charge is 0.480 e. The smallest absolute Gasteiger partial charge is 0.349 e. The Hall–Kier alpha value is -4.20. The first-order valence-electron chi connectivity index (χ1n) is 10.8. The molecule has 1 heterocycles. The Morgan fingerprint density at radius 1 is 0.944 bits per heavy atom. The summed E-state index contributed by atoms with van der Waals surface area (Å²) in [5, 5.41) is 5.08. The van der Waals surface area contributed by atoms with E-state index in [2.05, 4.69) is 20.5 Å². The van der Waals surface area contributed by atoms with E-state index in [-0.39, 0.29) is 6.61 Å². The number of aliphatic imine (C=N–C) groups is 1. The van der Waals surface area contributed by atoms with Gasteiger partial charge < -0.3 is 9.47 Å². The fourth-order valence-electron chi connectivity index (χ4n) is 2.95. The van der Waals surface area contributed by atoms with Gasteiger partial charge in [0.15, 0.2) is 12.4 Å². The maximum Gasteiger partial charge on any atom is 0.349 e. The number of hydrogen-bond acceptors (Lipinski definition) is 6. The van der Waals surface area contributed by atoms with E-state index < -0.39 is 5.97 Å². The van der Waals surface area contributed by atoms with Crippen LogP contribution in [0.15, 0.2) is 107 Å². The molecule has 0 radical (unpaired) electrons. The molecule has 36 heavy (non-hydrogen) atoms. The number of benzene rings is 3. The van der Waals surface area contributed by atoms with Crippen molar-refractivity contribution in [2.45, 2.75) is 0 Å². The standard InChI is InChI=1S/C27H20Cl2N4O3/c28-20-11-14-25(23(29)16-20)35-18-26(34)36-22-12-9-19(10-13-22)17-31-33-27(24-8-4-5-15-30-24)32-21-6-2-1-3-7-21/h1-17H,18H2,(H,32,33). The van der Waals surface area contributed by atoms with Gasteiger partial charge in [-0.3, -0.25) is 10.4 Å². The predicted octanol–water partition coefficient (Wildman–Crippen LogP) is 6.07. The number of hydrazone groups is 1. The molecule has 1 N–H and O–H groups in total. The molecule has 0 aliphatic heterocycles. The van der Waals surface area contributed by atoms with Crippen molar-refractivity contribution in [2.75, 3.05) is 6.61 Å². The van der Waals surface area contributed by atoms with Gasteiger partial charge in [0.1, 0.15) is 17.2 Å². The number of carbonyl (C=O) groups excluding carboxylic acids is 1. The Morgan fingerprint density at radius 3 is 2.44 bits per heavy atom. The van der Waals surface area contributed by atoms with E-state index >= 15 is 0 Å². The lowest BCUT2D eigenvalue weighted by Gasteiger charge is -2.08. The van der Waals surface area contributed by atoms with E-state index in [1.807, 2.05) is 48.5 Å². The molecule has 180 valence electrons. The van der Waals surface area contributed by atoms with Crippen LogP contribution in [0.5, 0.6) is 11.5 Å². The lowest BCUT2D eigenvalue weighted by molar-refractivity contribution is -0.136. The molecule has 0 atom stereocenters. The maximum absolute atomic E-state index is 12.1. The highest BCUT2D eigenvalue weighted by Crippen LogP contribution is 2.27. The second-order valence-corrected chi connectivity index (χ2v) is 8.13. The summed E-state index contributed by atoms with van der Waals surface area (Å²) >= 11 is 11.9. The Morgan fingerprint density at radius 2 is 1.72 bits per heavy atom. The summed E-state index contributed by atoms with van der Waals surface area (Å²) in [4.78, 5) is 21.1. The summed E-state index contributed by atoms with van der Waals surface area (Å²) in [6.45, 7) is -0.300. The third-order valence-corrected chi connectivity index (χ3v) is 5.17. The van der Waals surface area contributed by atoms with Gasteiger partial charge in [-0.2, -0.15) is 5.10 Å². The van der Waals surface area contributed by atoms with Gasteiger partial charge in [-0.05, 0) is 72.3 Å². The van der Waals surface area contributed by atoms with Gasteiger partial charge >= 0.3 is 5.97 Å². The van der Waals surface area contributed by atoms with Crippen LogP contribution in [0, 0.1) is 0 Å². The van der Waals surface area contributed by atoms with Gasteiger partial charge in [-0.1, -0.05) is 47.5 Å². The quantitative estimate of drug-likeness (QED) is 0.100. The topological polar surface area (TPSA) is 85.2 Å². The van der Waals surface area contributed by atoms with Crippen molar-refractivity contribution >= 4 is 46.9 Å². The van der Waals surface area contributed by atoms with E-state index in [9.17, 15) is 4.79 Å². The Labute approximate surface area is 218 Å². The molecule has 0 fully saturated rings. The summed E-state index contributed by atoms with van der Waals surface area (Å²) in [6.07, 6.45) is 3.32. The van der Waals surface area contributed by atoms with Gasteiger partial charge in [-0.25, -0.2) is 9.79 Å². The fourth-order valence-corrected chi connectivity index (χ4v) is 3.42. The number of para-hydroxylation sites is 1. The van der Waals surface area contributed by atoms with Crippen molar-refractivity contribution < 1.29 is 14.3 Å². The van der Waals surface area contributed by atoms with Gasteiger partial charge in [-0.15, -0.1) is 0 Å². The third kappa shape index (κ3) is 7.40. The second kappa shape index (κ2) is 12.5. The summed E-state index contributed by atoms with van der Waals surface area (Å²) in [6, 6.07) is 26.7. The molecule has 0 bridgehead atoms. The molecule has 0 aliphatic carbocycles. The SMILES string of the molecule is O=C(COc1ccc(Cl)cc1Cl)Oc1ccc(C=NNC(=Nc2ccccc2)c2ccccn2)cc1. The van der Waals surface area contributed by atoms with Crippen LogP contribution in [-0.2, 0) is 4.79 Å². The zero-order valence-corrected chi connectivity index (χ0v) is 20.4. The van der Waals surface area contributed by atoms with E-state index in [1.54, 1.807) is 48.8 Å². The summed E-state index contributed by atoms with van der Waals surface area (Å²) in [5.41, 5.74) is 5.17. The minimum absolute atomic E-state index is 0.300. The number of nitrogens with zero attached hydrogens (tertiary/aromatic N) is 3. The fraction of sp³-hybridized carbons (Fsp3) is 0.0370. The number of rotatable bonds is 8. The zero-order chi connectivity index (χ0) is 25.2. The Balaban J connectivity index is 1.34. The molecule has 0 unspecified atom stereocenters. The molecule has 7 nitrogen and oxygen atoms in total. The monoisotopic (exact) mass is 518 g/mol. The minimum Gasteiger partial charge on any atom is -0.480 e. The molecule has 0 amide bonds. The number of carbonyl (C=O) groups is 1. The molecule has 0 saturated heterocycles. The van der Waals surface area contributed by atoms with Crippen molar-refractivity contribution in [1.82, 2.24) is 10.4 Å². The second-order valence-electron chi connectivity index (χ2n) is 7.29.